The van der Waals surface area contributed by atoms with E-state index in [9.17, 15) is 4.39 Å². The summed E-state index contributed by atoms with van der Waals surface area (Å²) in [5, 5.41) is 9.07. The molecule has 0 saturated heterocycles. The molecule has 2 aromatic carbocycles. The Hall–Kier alpha value is -1.83. The molecule has 2 heteroatoms. The maximum atomic E-state index is 13.1. The van der Waals surface area contributed by atoms with Gasteiger partial charge in [0.25, 0.3) is 0 Å². The van der Waals surface area contributed by atoms with Crippen LogP contribution in [-0.4, -0.2) is 5.11 Å². The molecule has 0 fully saturated rings. The van der Waals surface area contributed by atoms with Gasteiger partial charge in [0, 0.05) is 0 Å². The largest absolute Gasteiger partial charge is 0.505 e. The van der Waals surface area contributed by atoms with Crippen LogP contribution in [0.1, 0.15) is 17.5 Å². The lowest BCUT2D eigenvalue weighted by molar-refractivity contribution is 0.431. The second kappa shape index (κ2) is 5.48. The minimum absolute atomic E-state index is 0.281. The van der Waals surface area contributed by atoms with Crippen molar-refractivity contribution in [3.63, 3.8) is 0 Å². The average Bonchev–Trinajstić information content (AvgIpc) is 2.35. The van der Waals surface area contributed by atoms with Crippen LogP contribution in [0.5, 0.6) is 5.75 Å². The highest BCUT2D eigenvalue weighted by atomic mass is 19.1. The van der Waals surface area contributed by atoms with Crippen LogP contribution in [0.25, 0.3) is 0 Å². The van der Waals surface area contributed by atoms with Crippen molar-refractivity contribution in [3.8, 4) is 5.75 Å². The highest BCUT2D eigenvalue weighted by molar-refractivity contribution is 5.28. The normalized spacial score (nSPS) is 10.4. The van der Waals surface area contributed by atoms with Gasteiger partial charge in [-0.05, 0) is 42.5 Å². The van der Waals surface area contributed by atoms with E-state index in [1.54, 1.807) is 6.07 Å². The smallest absolute Gasteiger partial charge is 0.165 e. The van der Waals surface area contributed by atoms with E-state index in [2.05, 4.69) is 12.1 Å². The first kappa shape index (κ1) is 11.6. The van der Waals surface area contributed by atoms with E-state index in [-0.39, 0.29) is 5.75 Å². The highest BCUT2D eigenvalue weighted by Gasteiger charge is 2.01. The summed E-state index contributed by atoms with van der Waals surface area (Å²) in [5.74, 6) is -0.820. The Balaban J connectivity index is 1.88. The van der Waals surface area contributed by atoms with Gasteiger partial charge in [-0.2, -0.15) is 0 Å². The summed E-state index contributed by atoms with van der Waals surface area (Å²) in [6.07, 6.45) is 2.80. The Morgan fingerprint density at radius 2 is 1.59 bits per heavy atom. The summed E-state index contributed by atoms with van der Waals surface area (Å²) in [6.45, 7) is 0. The molecule has 2 aromatic rings. The topological polar surface area (TPSA) is 20.2 Å². The van der Waals surface area contributed by atoms with Crippen molar-refractivity contribution in [2.45, 2.75) is 19.3 Å². The third-order valence-corrected chi connectivity index (χ3v) is 2.79. The van der Waals surface area contributed by atoms with E-state index in [1.807, 2.05) is 18.2 Å². The number of hydrogen-bond acceptors (Lipinski definition) is 1. The van der Waals surface area contributed by atoms with Gasteiger partial charge in [0.15, 0.2) is 11.6 Å². The summed E-state index contributed by atoms with van der Waals surface area (Å²) in [5.41, 5.74) is 2.22. The molecule has 0 aliphatic carbocycles. The van der Waals surface area contributed by atoms with Crippen LogP contribution in [-0.2, 0) is 12.8 Å². The van der Waals surface area contributed by atoms with Gasteiger partial charge >= 0.3 is 0 Å². The minimum atomic E-state index is -0.540. The van der Waals surface area contributed by atoms with Crippen molar-refractivity contribution in [1.82, 2.24) is 0 Å². The summed E-state index contributed by atoms with van der Waals surface area (Å²) < 4.78 is 13.1. The minimum Gasteiger partial charge on any atom is -0.505 e. The Labute approximate surface area is 101 Å². The molecule has 1 nitrogen and oxygen atoms in total. The van der Waals surface area contributed by atoms with Crippen LogP contribution in [0.2, 0.25) is 0 Å². The molecule has 0 amide bonds. The lowest BCUT2D eigenvalue weighted by atomic mass is 10.0. The Bertz CT molecular complexity index is 480. The standard InChI is InChI=1S/C15H15FO/c16-14-11-13(9-10-15(14)17)8-4-7-12-5-2-1-3-6-12/h1-3,5-6,9-11,17H,4,7-8H2. The summed E-state index contributed by atoms with van der Waals surface area (Å²) >= 11 is 0. The lowest BCUT2D eigenvalue weighted by Gasteiger charge is -2.03. The predicted octanol–water partition coefficient (Wildman–Crippen LogP) is 3.71. The molecule has 0 radical (unpaired) electrons. The molecular weight excluding hydrogens is 215 g/mol. The lowest BCUT2D eigenvalue weighted by Crippen LogP contribution is -1.91. The SMILES string of the molecule is Oc1ccc(CCCc2ccccc2)cc1F. The van der Waals surface area contributed by atoms with Crippen molar-refractivity contribution in [1.29, 1.82) is 0 Å². The van der Waals surface area contributed by atoms with E-state index >= 15 is 0 Å². The number of phenols is 1. The van der Waals surface area contributed by atoms with Gasteiger partial charge in [-0.1, -0.05) is 36.4 Å². The monoisotopic (exact) mass is 230 g/mol. The zero-order valence-electron chi connectivity index (χ0n) is 9.57. The fourth-order valence-electron chi connectivity index (χ4n) is 1.85. The zero-order chi connectivity index (χ0) is 12.1. The second-order valence-corrected chi connectivity index (χ2v) is 4.12. The van der Waals surface area contributed by atoms with Gasteiger partial charge in [0.1, 0.15) is 0 Å². The molecule has 17 heavy (non-hydrogen) atoms. The quantitative estimate of drug-likeness (QED) is 0.849. The van der Waals surface area contributed by atoms with Gasteiger partial charge in [-0.15, -0.1) is 0 Å². The maximum absolute atomic E-state index is 13.1. The Kier molecular flexibility index (Phi) is 3.76. The third-order valence-electron chi connectivity index (χ3n) is 2.79. The molecule has 0 heterocycles. The summed E-state index contributed by atoms with van der Waals surface area (Å²) in [4.78, 5) is 0. The van der Waals surface area contributed by atoms with Gasteiger partial charge in [0.05, 0.1) is 0 Å². The van der Waals surface area contributed by atoms with Gasteiger partial charge in [-0.3, -0.25) is 0 Å². The van der Waals surface area contributed by atoms with Crippen LogP contribution >= 0.6 is 0 Å². The fraction of sp³-hybridized carbons (Fsp3) is 0.200. The van der Waals surface area contributed by atoms with Crippen molar-refractivity contribution in [2.24, 2.45) is 0 Å². The van der Waals surface area contributed by atoms with E-state index in [0.717, 1.165) is 24.8 Å². The molecule has 0 atom stereocenters. The third kappa shape index (κ3) is 3.31. The molecule has 0 unspecified atom stereocenters. The number of aromatic hydroxyl groups is 1. The Morgan fingerprint density at radius 1 is 0.882 bits per heavy atom. The van der Waals surface area contributed by atoms with Crippen molar-refractivity contribution in [3.05, 3.63) is 65.5 Å². The molecular formula is C15H15FO. The van der Waals surface area contributed by atoms with Crippen molar-refractivity contribution in [2.75, 3.05) is 0 Å². The maximum Gasteiger partial charge on any atom is 0.165 e. The fourth-order valence-corrected chi connectivity index (χ4v) is 1.85. The molecule has 0 aliphatic rings. The second-order valence-electron chi connectivity index (χ2n) is 4.12. The first-order chi connectivity index (χ1) is 8.25. The number of rotatable bonds is 4. The van der Waals surface area contributed by atoms with Crippen LogP contribution in [0.15, 0.2) is 48.5 Å². The zero-order valence-corrected chi connectivity index (χ0v) is 9.57. The first-order valence-corrected chi connectivity index (χ1v) is 5.77. The molecule has 0 bridgehead atoms. The Morgan fingerprint density at radius 3 is 2.29 bits per heavy atom. The molecule has 2 rings (SSSR count). The van der Waals surface area contributed by atoms with Crippen molar-refractivity contribution >= 4 is 0 Å². The summed E-state index contributed by atoms with van der Waals surface area (Å²) in [7, 11) is 0. The molecule has 0 aliphatic heterocycles. The van der Waals surface area contributed by atoms with Crippen LogP contribution in [0, 0.1) is 5.82 Å². The van der Waals surface area contributed by atoms with E-state index in [0.29, 0.717) is 0 Å². The average molecular weight is 230 g/mol. The van der Waals surface area contributed by atoms with E-state index in [1.165, 1.54) is 17.7 Å². The molecule has 0 spiro atoms. The van der Waals surface area contributed by atoms with Gasteiger partial charge in [0.2, 0.25) is 0 Å². The number of halogens is 1. The van der Waals surface area contributed by atoms with Crippen LogP contribution in [0.4, 0.5) is 4.39 Å². The highest BCUT2D eigenvalue weighted by Crippen LogP contribution is 2.17. The molecule has 1 N–H and O–H groups in total. The predicted molar refractivity (Wildman–Crippen MR) is 66.5 cm³/mol. The number of phenolic OH excluding ortho intramolecular Hbond substituents is 1. The first-order valence-electron chi connectivity index (χ1n) is 5.77. The van der Waals surface area contributed by atoms with E-state index < -0.39 is 5.82 Å². The molecule has 0 aromatic heterocycles. The van der Waals surface area contributed by atoms with Gasteiger partial charge in [-0.25, -0.2) is 4.39 Å². The van der Waals surface area contributed by atoms with Crippen molar-refractivity contribution < 1.29 is 9.50 Å². The summed E-state index contributed by atoms with van der Waals surface area (Å²) in [6, 6.07) is 14.8. The van der Waals surface area contributed by atoms with E-state index in [4.69, 9.17) is 5.11 Å². The molecule has 0 saturated carbocycles. The van der Waals surface area contributed by atoms with Crippen LogP contribution < -0.4 is 0 Å². The van der Waals surface area contributed by atoms with Gasteiger partial charge < -0.3 is 5.11 Å². The van der Waals surface area contributed by atoms with Crippen LogP contribution in [0.3, 0.4) is 0 Å². The number of benzene rings is 2. The number of aryl methyl sites for hydroxylation is 2. The number of hydrogen-bond donors (Lipinski definition) is 1. The molecule has 88 valence electrons.